The van der Waals surface area contributed by atoms with Crippen LogP contribution in [0.5, 0.6) is 0 Å². The third-order valence-corrected chi connectivity index (χ3v) is 12.9. The van der Waals surface area contributed by atoms with Crippen LogP contribution in [0.25, 0.3) is 0 Å². The van der Waals surface area contributed by atoms with E-state index in [1.807, 2.05) is 19.4 Å². The van der Waals surface area contributed by atoms with Crippen LogP contribution in [0.1, 0.15) is 127 Å². The van der Waals surface area contributed by atoms with Crippen LogP contribution in [0, 0.1) is 56.7 Å². The molecule has 0 aromatic carbocycles. The lowest BCUT2D eigenvalue weighted by atomic mass is 9.36. The Balaban J connectivity index is 0.000000674. The molecule has 0 aromatic heterocycles. The molecule has 0 aliphatic heterocycles. The molecule has 4 saturated carbocycles. The average molecular weight is 503 g/mol. The standard InChI is InChI=1S/C30H50O.C2H6.CH2O2/c1-20-10-14-29(6)24-9-8-21-22(28(24,5)15-12-25(29)30(20,7)19-31)11-13-27(4)17-16-26(2,3)18-23(21)27;1-2;2-1-3/h8,20,22-25,31H,9-19H2,1-7H3;1-2H3;1H,(H,2,3)/t20?,22?,23?,24?,25?,27?,28?,29?,30-;;/m1../s1. The lowest BCUT2D eigenvalue weighted by Gasteiger charge is -2.68. The van der Waals surface area contributed by atoms with Crippen LogP contribution in [0.2, 0.25) is 0 Å². The summed E-state index contributed by atoms with van der Waals surface area (Å²) < 4.78 is 0. The monoisotopic (exact) mass is 502 g/mol. The molecule has 36 heavy (non-hydrogen) atoms. The molecule has 0 aromatic rings. The quantitative estimate of drug-likeness (QED) is 0.278. The summed E-state index contributed by atoms with van der Waals surface area (Å²) in [4.78, 5) is 8.36. The molecule has 8 unspecified atom stereocenters. The van der Waals surface area contributed by atoms with E-state index in [1.165, 1.54) is 64.2 Å². The van der Waals surface area contributed by atoms with E-state index in [9.17, 15) is 5.11 Å². The Hall–Kier alpha value is -0.830. The van der Waals surface area contributed by atoms with Crippen LogP contribution in [-0.2, 0) is 4.79 Å². The van der Waals surface area contributed by atoms with Crippen LogP contribution in [0.4, 0.5) is 0 Å². The topological polar surface area (TPSA) is 57.5 Å². The highest BCUT2D eigenvalue weighted by atomic mass is 16.3. The van der Waals surface area contributed by atoms with Crippen LogP contribution in [0.15, 0.2) is 11.6 Å². The van der Waals surface area contributed by atoms with E-state index in [-0.39, 0.29) is 11.9 Å². The number of rotatable bonds is 1. The molecule has 5 rings (SSSR count). The summed E-state index contributed by atoms with van der Waals surface area (Å²) in [5, 5.41) is 17.4. The summed E-state index contributed by atoms with van der Waals surface area (Å²) in [5.41, 5.74) is 3.93. The van der Waals surface area contributed by atoms with Crippen molar-refractivity contribution in [1.82, 2.24) is 0 Å². The summed E-state index contributed by atoms with van der Waals surface area (Å²) >= 11 is 0. The van der Waals surface area contributed by atoms with Gasteiger partial charge < -0.3 is 10.2 Å². The van der Waals surface area contributed by atoms with Gasteiger partial charge in [-0.15, -0.1) is 0 Å². The van der Waals surface area contributed by atoms with Gasteiger partial charge in [-0.1, -0.05) is 74.0 Å². The molecule has 2 N–H and O–H groups in total. The van der Waals surface area contributed by atoms with Gasteiger partial charge in [0.1, 0.15) is 0 Å². The summed E-state index contributed by atoms with van der Waals surface area (Å²) in [5.74, 6) is 3.77. The molecule has 208 valence electrons. The summed E-state index contributed by atoms with van der Waals surface area (Å²) in [6, 6.07) is 0. The molecule has 5 aliphatic rings. The fraction of sp³-hybridized carbons (Fsp3) is 0.909. The number of allylic oxidation sites excluding steroid dienone is 2. The predicted molar refractivity (Wildman–Crippen MR) is 151 cm³/mol. The first-order valence-corrected chi connectivity index (χ1v) is 15.2. The van der Waals surface area contributed by atoms with Gasteiger partial charge in [0.25, 0.3) is 6.47 Å². The van der Waals surface area contributed by atoms with E-state index in [0.717, 1.165) is 17.8 Å². The fourth-order valence-electron chi connectivity index (χ4n) is 10.5. The van der Waals surface area contributed by atoms with Crippen molar-refractivity contribution >= 4 is 6.47 Å². The van der Waals surface area contributed by atoms with Gasteiger partial charge in [-0.25, -0.2) is 0 Å². The molecule has 0 radical (unpaired) electrons. The Morgan fingerprint density at radius 2 is 1.47 bits per heavy atom. The minimum Gasteiger partial charge on any atom is -0.483 e. The summed E-state index contributed by atoms with van der Waals surface area (Å²) in [6.45, 7) is 22.0. The maximum Gasteiger partial charge on any atom is 0.290 e. The van der Waals surface area contributed by atoms with Crippen molar-refractivity contribution in [3.8, 4) is 0 Å². The Morgan fingerprint density at radius 3 is 2.08 bits per heavy atom. The molecule has 0 bridgehead atoms. The maximum atomic E-state index is 10.5. The van der Waals surface area contributed by atoms with Crippen molar-refractivity contribution in [3.63, 3.8) is 0 Å². The zero-order valence-corrected chi connectivity index (χ0v) is 25.1. The molecule has 0 spiro atoms. The fourth-order valence-corrected chi connectivity index (χ4v) is 10.5. The molecule has 5 aliphatic carbocycles. The van der Waals surface area contributed by atoms with Gasteiger partial charge in [0.15, 0.2) is 0 Å². The van der Waals surface area contributed by atoms with E-state index in [0.29, 0.717) is 40.1 Å². The highest BCUT2D eigenvalue weighted by molar-refractivity contribution is 5.32. The number of carboxylic acid groups (broad SMARTS) is 1. The van der Waals surface area contributed by atoms with Gasteiger partial charge in [0.05, 0.1) is 0 Å². The Bertz CT molecular complexity index is 816. The number of hydrogen-bond acceptors (Lipinski definition) is 2. The summed E-state index contributed by atoms with van der Waals surface area (Å²) in [6.07, 6.45) is 16.6. The van der Waals surface area contributed by atoms with E-state index in [4.69, 9.17) is 9.90 Å². The Labute approximate surface area is 222 Å². The van der Waals surface area contributed by atoms with E-state index in [1.54, 1.807) is 0 Å². The Morgan fingerprint density at radius 1 is 0.861 bits per heavy atom. The molecule has 4 fully saturated rings. The van der Waals surface area contributed by atoms with E-state index < -0.39 is 0 Å². The van der Waals surface area contributed by atoms with Crippen LogP contribution >= 0.6 is 0 Å². The zero-order valence-electron chi connectivity index (χ0n) is 25.1. The van der Waals surface area contributed by atoms with E-state index in [2.05, 4.69) is 54.5 Å². The molecule has 0 amide bonds. The van der Waals surface area contributed by atoms with Crippen molar-refractivity contribution in [2.24, 2.45) is 56.7 Å². The van der Waals surface area contributed by atoms with Crippen molar-refractivity contribution < 1.29 is 15.0 Å². The smallest absolute Gasteiger partial charge is 0.290 e. The zero-order chi connectivity index (χ0) is 27.2. The molecular weight excluding hydrogens is 444 g/mol. The minimum atomic E-state index is -0.250. The molecule has 3 heteroatoms. The molecule has 9 atom stereocenters. The van der Waals surface area contributed by atoms with Crippen LogP contribution in [-0.4, -0.2) is 23.3 Å². The Kier molecular flexibility index (Phi) is 8.57. The maximum absolute atomic E-state index is 10.5. The minimum absolute atomic E-state index is 0.108. The van der Waals surface area contributed by atoms with Crippen molar-refractivity contribution in [1.29, 1.82) is 0 Å². The summed E-state index contributed by atoms with van der Waals surface area (Å²) in [7, 11) is 0. The third kappa shape index (κ3) is 4.52. The number of fused-ring (bicyclic) bond motifs is 7. The second kappa shape index (κ2) is 10.4. The lowest BCUT2D eigenvalue weighted by Crippen LogP contribution is -2.61. The number of hydrogen-bond donors (Lipinski definition) is 2. The van der Waals surface area contributed by atoms with Crippen molar-refractivity contribution in [2.45, 2.75) is 127 Å². The predicted octanol–water partition coefficient (Wildman–Crippen LogP) is 8.75. The second-order valence-corrected chi connectivity index (χ2v) is 15.0. The van der Waals surface area contributed by atoms with Crippen LogP contribution in [0.3, 0.4) is 0 Å². The SMILES string of the molecule is CC.CC1CCC2(C)C3CC=C4C5CC(C)(C)CCC5(C)CCC4C3(C)CCC2[C@]1(C)CO.O=CO. The number of aliphatic hydroxyl groups excluding tert-OH is 1. The first-order chi connectivity index (χ1) is 16.8. The van der Waals surface area contributed by atoms with Crippen LogP contribution < -0.4 is 0 Å². The highest BCUT2D eigenvalue weighted by Crippen LogP contribution is 2.72. The van der Waals surface area contributed by atoms with Gasteiger partial charge in [-0.05, 0) is 121 Å². The van der Waals surface area contributed by atoms with Crippen molar-refractivity contribution in [2.75, 3.05) is 6.61 Å². The van der Waals surface area contributed by atoms with Gasteiger partial charge in [0.2, 0.25) is 0 Å². The first kappa shape index (κ1) is 29.7. The molecule has 0 saturated heterocycles. The van der Waals surface area contributed by atoms with Gasteiger partial charge in [-0.3, -0.25) is 4.79 Å². The highest BCUT2D eigenvalue weighted by Gasteiger charge is 2.64. The lowest BCUT2D eigenvalue weighted by molar-refractivity contribution is -0.182. The normalized spacial score (nSPS) is 48.6. The van der Waals surface area contributed by atoms with Gasteiger partial charge >= 0.3 is 0 Å². The third-order valence-electron chi connectivity index (χ3n) is 12.9. The van der Waals surface area contributed by atoms with Gasteiger partial charge in [0, 0.05) is 6.61 Å². The number of carbonyl (C=O) groups is 1. The molecule has 3 nitrogen and oxygen atoms in total. The largest absolute Gasteiger partial charge is 0.483 e. The molecule has 0 heterocycles. The molecular formula is C33H58O3. The van der Waals surface area contributed by atoms with E-state index >= 15 is 0 Å². The van der Waals surface area contributed by atoms with Gasteiger partial charge in [-0.2, -0.15) is 0 Å². The first-order valence-electron chi connectivity index (χ1n) is 15.2. The number of aliphatic hydroxyl groups is 1. The second-order valence-electron chi connectivity index (χ2n) is 15.0. The van der Waals surface area contributed by atoms with Crippen molar-refractivity contribution in [3.05, 3.63) is 11.6 Å². The average Bonchev–Trinajstić information content (AvgIpc) is 2.83.